The third-order valence-electron chi connectivity index (χ3n) is 5.04. The highest BCUT2D eigenvalue weighted by molar-refractivity contribution is 6.30. The highest BCUT2D eigenvalue weighted by Crippen LogP contribution is 2.35. The maximum Gasteiger partial charge on any atom is 0.122 e. The standard InChI is InChI=1S/C18H26ClNO/c1-21-18-9-6-16(19)11-14(18)10-15(12-20-17-7-8-17)13-4-2-3-5-13/h6,9,11,13,15,17,20H,2-5,7-8,10,12H2,1H3. The quantitative estimate of drug-likeness (QED) is 0.803. The molecule has 0 radical (unpaired) electrons. The summed E-state index contributed by atoms with van der Waals surface area (Å²) in [5.74, 6) is 2.55. The number of hydrogen-bond donors (Lipinski definition) is 1. The molecule has 0 saturated heterocycles. The summed E-state index contributed by atoms with van der Waals surface area (Å²) in [5, 5.41) is 4.54. The van der Waals surface area contributed by atoms with Gasteiger partial charge in [-0.1, -0.05) is 37.3 Å². The minimum absolute atomic E-state index is 0.709. The molecule has 2 aliphatic carbocycles. The average Bonchev–Trinajstić information content (AvgIpc) is 3.15. The molecule has 0 aliphatic heterocycles. The largest absolute Gasteiger partial charge is 0.496 e. The van der Waals surface area contributed by atoms with Crippen LogP contribution in [0.4, 0.5) is 0 Å². The Hall–Kier alpha value is -0.730. The first-order valence-electron chi connectivity index (χ1n) is 8.32. The zero-order valence-corrected chi connectivity index (χ0v) is 13.7. The van der Waals surface area contributed by atoms with Crippen molar-refractivity contribution in [3.63, 3.8) is 0 Å². The number of ether oxygens (including phenoxy) is 1. The second kappa shape index (κ2) is 7.02. The average molecular weight is 308 g/mol. The first-order valence-corrected chi connectivity index (χ1v) is 8.70. The van der Waals surface area contributed by atoms with Gasteiger partial charge in [-0.25, -0.2) is 0 Å². The van der Waals surface area contributed by atoms with Gasteiger partial charge in [0.05, 0.1) is 7.11 Å². The lowest BCUT2D eigenvalue weighted by Gasteiger charge is -2.25. The van der Waals surface area contributed by atoms with Gasteiger partial charge < -0.3 is 10.1 Å². The fraction of sp³-hybridized carbons (Fsp3) is 0.667. The Kier molecular flexibility index (Phi) is 5.07. The zero-order chi connectivity index (χ0) is 14.7. The van der Waals surface area contributed by atoms with Crippen LogP contribution in [0.1, 0.15) is 44.1 Å². The molecule has 1 N–H and O–H groups in total. The van der Waals surface area contributed by atoms with Crippen LogP contribution in [-0.4, -0.2) is 19.7 Å². The SMILES string of the molecule is COc1ccc(Cl)cc1CC(CNC1CC1)C1CCCC1. The van der Waals surface area contributed by atoms with Crippen molar-refractivity contribution in [1.29, 1.82) is 0 Å². The van der Waals surface area contributed by atoms with Crippen LogP contribution >= 0.6 is 11.6 Å². The smallest absolute Gasteiger partial charge is 0.122 e. The Morgan fingerprint density at radius 3 is 2.67 bits per heavy atom. The highest BCUT2D eigenvalue weighted by Gasteiger charge is 2.28. The van der Waals surface area contributed by atoms with Crippen LogP contribution in [0.15, 0.2) is 18.2 Å². The molecule has 0 bridgehead atoms. The second-order valence-corrected chi connectivity index (χ2v) is 7.08. The summed E-state index contributed by atoms with van der Waals surface area (Å²) < 4.78 is 5.52. The molecule has 2 aliphatic rings. The van der Waals surface area contributed by atoms with Gasteiger partial charge in [0.1, 0.15) is 5.75 Å². The summed E-state index contributed by atoms with van der Waals surface area (Å²) in [5.41, 5.74) is 1.26. The summed E-state index contributed by atoms with van der Waals surface area (Å²) in [6.45, 7) is 1.14. The van der Waals surface area contributed by atoms with Gasteiger partial charge in [-0.05, 0) is 61.4 Å². The van der Waals surface area contributed by atoms with E-state index in [0.29, 0.717) is 5.92 Å². The molecule has 1 unspecified atom stereocenters. The first kappa shape index (κ1) is 15.2. The van der Waals surface area contributed by atoms with Crippen LogP contribution in [-0.2, 0) is 6.42 Å². The molecular formula is C18H26ClNO. The molecule has 0 heterocycles. The van der Waals surface area contributed by atoms with E-state index in [2.05, 4.69) is 11.4 Å². The predicted octanol–water partition coefficient (Wildman–Crippen LogP) is 4.45. The van der Waals surface area contributed by atoms with Gasteiger partial charge in [0.15, 0.2) is 0 Å². The zero-order valence-electron chi connectivity index (χ0n) is 12.9. The maximum atomic E-state index is 6.18. The van der Waals surface area contributed by atoms with Gasteiger partial charge in [-0.3, -0.25) is 0 Å². The molecule has 0 amide bonds. The van der Waals surface area contributed by atoms with Gasteiger partial charge in [-0.15, -0.1) is 0 Å². The second-order valence-electron chi connectivity index (χ2n) is 6.65. The van der Waals surface area contributed by atoms with E-state index >= 15 is 0 Å². The molecule has 1 aromatic carbocycles. The molecule has 1 atom stereocenters. The Balaban J connectivity index is 1.70. The van der Waals surface area contributed by atoms with Crippen molar-refractivity contribution in [3.8, 4) is 5.75 Å². The molecule has 0 spiro atoms. The summed E-state index contributed by atoms with van der Waals surface area (Å²) in [6.07, 6.45) is 9.37. The van der Waals surface area contributed by atoms with E-state index < -0.39 is 0 Å². The molecular weight excluding hydrogens is 282 g/mol. The number of hydrogen-bond acceptors (Lipinski definition) is 2. The van der Waals surface area contributed by atoms with Crippen molar-refractivity contribution in [3.05, 3.63) is 28.8 Å². The van der Waals surface area contributed by atoms with Gasteiger partial charge >= 0.3 is 0 Å². The first-order chi connectivity index (χ1) is 10.3. The summed E-state index contributed by atoms with van der Waals surface area (Å²) in [4.78, 5) is 0. The molecule has 1 aromatic rings. The fourth-order valence-electron chi connectivity index (χ4n) is 3.63. The van der Waals surface area contributed by atoms with Gasteiger partial charge in [0, 0.05) is 11.1 Å². The van der Waals surface area contributed by atoms with Crippen LogP contribution in [0.5, 0.6) is 5.75 Å². The maximum absolute atomic E-state index is 6.18. The van der Waals surface area contributed by atoms with Crippen molar-refractivity contribution in [2.75, 3.05) is 13.7 Å². The van der Waals surface area contributed by atoms with E-state index in [-0.39, 0.29) is 0 Å². The van der Waals surface area contributed by atoms with Crippen LogP contribution in [0, 0.1) is 11.8 Å². The lowest BCUT2D eigenvalue weighted by atomic mass is 9.85. The van der Waals surface area contributed by atoms with Crippen molar-refractivity contribution >= 4 is 11.6 Å². The summed E-state index contributed by atoms with van der Waals surface area (Å²) in [7, 11) is 1.75. The Morgan fingerprint density at radius 1 is 1.24 bits per heavy atom. The Morgan fingerprint density at radius 2 is 2.00 bits per heavy atom. The Labute approximate surface area is 133 Å². The summed E-state index contributed by atoms with van der Waals surface area (Å²) in [6, 6.07) is 6.78. The van der Waals surface area contributed by atoms with Gasteiger partial charge in [0.25, 0.3) is 0 Å². The minimum Gasteiger partial charge on any atom is -0.496 e. The normalized spacial score (nSPS) is 20.7. The van der Waals surface area contributed by atoms with Crippen molar-refractivity contribution in [1.82, 2.24) is 5.32 Å². The van der Waals surface area contributed by atoms with Crippen LogP contribution in [0.2, 0.25) is 5.02 Å². The number of rotatable bonds is 7. The van der Waals surface area contributed by atoms with Crippen LogP contribution < -0.4 is 10.1 Å². The molecule has 2 saturated carbocycles. The molecule has 3 rings (SSSR count). The molecule has 116 valence electrons. The van der Waals surface area contributed by atoms with Crippen LogP contribution in [0.3, 0.4) is 0 Å². The predicted molar refractivity (Wildman–Crippen MR) is 88.2 cm³/mol. The fourth-order valence-corrected chi connectivity index (χ4v) is 3.82. The van der Waals surface area contributed by atoms with Crippen LogP contribution in [0.25, 0.3) is 0 Å². The number of halogens is 1. The highest BCUT2D eigenvalue weighted by atomic mass is 35.5. The third kappa shape index (κ3) is 4.14. The topological polar surface area (TPSA) is 21.3 Å². The summed E-state index contributed by atoms with van der Waals surface area (Å²) >= 11 is 6.18. The van der Waals surface area contributed by atoms with Crippen molar-refractivity contribution in [2.24, 2.45) is 11.8 Å². The van der Waals surface area contributed by atoms with Gasteiger partial charge in [0.2, 0.25) is 0 Å². The monoisotopic (exact) mass is 307 g/mol. The van der Waals surface area contributed by atoms with E-state index in [1.54, 1.807) is 7.11 Å². The lowest BCUT2D eigenvalue weighted by molar-refractivity contribution is 0.315. The number of benzene rings is 1. The molecule has 21 heavy (non-hydrogen) atoms. The third-order valence-corrected chi connectivity index (χ3v) is 5.27. The number of nitrogens with one attached hydrogen (secondary N) is 1. The lowest BCUT2D eigenvalue weighted by Crippen LogP contribution is -2.30. The molecule has 2 nitrogen and oxygen atoms in total. The van der Waals surface area contributed by atoms with Crippen molar-refractivity contribution < 1.29 is 4.74 Å². The van der Waals surface area contributed by atoms with Crippen molar-refractivity contribution in [2.45, 2.75) is 51.0 Å². The minimum atomic E-state index is 0.709. The molecule has 2 fully saturated rings. The molecule has 3 heteroatoms. The van der Waals surface area contributed by atoms with E-state index in [9.17, 15) is 0 Å². The van der Waals surface area contributed by atoms with Gasteiger partial charge in [-0.2, -0.15) is 0 Å². The number of methoxy groups -OCH3 is 1. The van der Waals surface area contributed by atoms with E-state index in [4.69, 9.17) is 16.3 Å². The van der Waals surface area contributed by atoms with E-state index in [1.807, 2.05) is 12.1 Å². The molecule has 0 aromatic heterocycles. The van der Waals surface area contributed by atoms with E-state index in [1.165, 1.54) is 44.1 Å². The van der Waals surface area contributed by atoms with E-state index in [0.717, 1.165) is 35.7 Å². The Bertz CT molecular complexity index is 466.